The molecular formula is C22H32N4O4. The highest BCUT2D eigenvalue weighted by molar-refractivity contribution is 5.96. The van der Waals surface area contributed by atoms with Crippen molar-refractivity contribution in [3.63, 3.8) is 0 Å². The van der Waals surface area contributed by atoms with Gasteiger partial charge in [-0.2, -0.15) is 0 Å². The van der Waals surface area contributed by atoms with Gasteiger partial charge in [0.1, 0.15) is 0 Å². The van der Waals surface area contributed by atoms with Gasteiger partial charge in [-0.1, -0.05) is 25.3 Å². The SMILES string of the molecule is C[C@H](C(=O)NC(=O)NC1CCCCC1)N1CCN(Cc2ccc3c(c2)OCO3)CC1. The Morgan fingerprint density at radius 1 is 1.07 bits per heavy atom. The van der Waals surface area contributed by atoms with Gasteiger partial charge in [-0.15, -0.1) is 0 Å². The average molecular weight is 417 g/mol. The Hall–Kier alpha value is -2.32. The second kappa shape index (κ2) is 9.66. The number of nitrogens with zero attached hydrogens (tertiary/aromatic N) is 2. The number of benzene rings is 1. The highest BCUT2D eigenvalue weighted by atomic mass is 16.7. The summed E-state index contributed by atoms with van der Waals surface area (Å²) >= 11 is 0. The van der Waals surface area contributed by atoms with Crippen molar-refractivity contribution in [2.24, 2.45) is 0 Å². The Kier molecular flexibility index (Phi) is 6.74. The molecule has 30 heavy (non-hydrogen) atoms. The summed E-state index contributed by atoms with van der Waals surface area (Å²) in [4.78, 5) is 29.2. The van der Waals surface area contributed by atoms with Crippen LogP contribution in [-0.4, -0.2) is 66.8 Å². The van der Waals surface area contributed by atoms with Crippen molar-refractivity contribution in [1.82, 2.24) is 20.4 Å². The molecule has 3 amide bonds. The van der Waals surface area contributed by atoms with E-state index < -0.39 is 0 Å². The summed E-state index contributed by atoms with van der Waals surface area (Å²) in [6, 6.07) is 5.58. The summed E-state index contributed by atoms with van der Waals surface area (Å²) in [5.74, 6) is 1.38. The van der Waals surface area contributed by atoms with Crippen molar-refractivity contribution >= 4 is 11.9 Å². The van der Waals surface area contributed by atoms with Gasteiger partial charge in [-0.25, -0.2) is 4.79 Å². The molecular weight excluding hydrogens is 384 g/mol. The molecule has 1 aromatic carbocycles. The Morgan fingerprint density at radius 2 is 1.80 bits per heavy atom. The van der Waals surface area contributed by atoms with Gasteiger partial charge in [0.2, 0.25) is 12.7 Å². The lowest BCUT2D eigenvalue weighted by Crippen LogP contribution is -2.55. The molecule has 0 radical (unpaired) electrons. The molecule has 2 fully saturated rings. The Morgan fingerprint density at radius 3 is 2.57 bits per heavy atom. The maximum atomic E-state index is 12.5. The predicted molar refractivity (Wildman–Crippen MR) is 112 cm³/mol. The smallest absolute Gasteiger partial charge is 0.321 e. The summed E-state index contributed by atoms with van der Waals surface area (Å²) in [7, 11) is 0. The molecule has 2 heterocycles. The lowest BCUT2D eigenvalue weighted by atomic mass is 9.96. The summed E-state index contributed by atoms with van der Waals surface area (Å²) in [5.41, 5.74) is 1.19. The molecule has 4 rings (SSSR count). The molecule has 1 saturated heterocycles. The van der Waals surface area contributed by atoms with E-state index in [0.29, 0.717) is 0 Å². The fourth-order valence-corrected chi connectivity index (χ4v) is 4.46. The monoisotopic (exact) mass is 416 g/mol. The molecule has 8 heteroatoms. The number of amides is 3. The van der Waals surface area contributed by atoms with Crippen molar-refractivity contribution in [1.29, 1.82) is 0 Å². The third kappa shape index (κ3) is 5.23. The topological polar surface area (TPSA) is 83.1 Å². The number of hydrogen-bond acceptors (Lipinski definition) is 6. The number of rotatable bonds is 5. The van der Waals surface area contributed by atoms with Crippen LogP contribution in [0, 0.1) is 0 Å². The highest BCUT2D eigenvalue weighted by Crippen LogP contribution is 2.32. The molecule has 3 aliphatic rings. The number of carbonyl (C=O) groups is 2. The highest BCUT2D eigenvalue weighted by Gasteiger charge is 2.27. The first kappa shape index (κ1) is 20.9. The molecule has 0 aromatic heterocycles. The molecule has 0 unspecified atom stereocenters. The lowest BCUT2D eigenvalue weighted by Gasteiger charge is -2.37. The Bertz CT molecular complexity index is 758. The van der Waals surface area contributed by atoms with Crippen LogP contribution in [-0.2, 0) is 11.3 Å². The van der Waals surface area contributed by atoms with Crippen molar-refractivity contribution in [2.75, 3.05) is 33.0 Å². The van der Waals surface area contributed by atoms with Crippen molar-refractivity contribution in [3.05, 3.63) is 23.8 Å². The zero-order valence-electron chi connectivity index (χ0n) is 17.7. The van der Waals surface area contributed by atoms with Gasteiger partial charge < -0.3 is 14.8 Å². The van der Waals surface area contributed by atoms with Crippen LogP contribution in [0.1, 0.15) is 44.6 Å². The van der Waals surface area contributed by atoms with Gasteiger partial charge in [-0.3, -0.25) is 19.9 Å². The van der Waals surface area contributed by atoms with Gasteiger partial charge in [0, 0.05) is 38.8 Å². The molecule has 1 aliphatic carbocycles. The minimum absolute atomic E-state index is 0.196. The number of imide groups is 1. The quantitative estimate of drug-likeness (QED) is 0.765. The number of ether oxygens (including phenoxy) is 2. The van der Waals surface area contributed by atoms with Gasteiger partial charge >= 0.3 is 6.03 Å². The van der Waals surface area contributed by atoms with E-state index in [2.05, 4.69) is 26.5 Å². The molecule has 8 nitrogen and oxygen atoms in total. The largest absolute Gasteiger partial charge is 0.454 e. The van der Waals surface area contributed by atoms with E-state index in [1.165, 1.54) is 12.0 Å². The van der Waals surface area contributed by atoms with Gasteiger partial charge in [0.15, 0.2) is 11.5 Å². The molecule has 0 bridgehead atoms. The first-order valence-corrected chi connectivity index (χ1v) is 11.0. The lowest BCUT2D eigenvalue weighted by molar-refractivity contribution is -0.125. The number of hydrogen-bond donors (Lipinski definition) is 2. The fraction of sp³-hybridized carbons (Fsp3) is 0.636. The first-order chi connectivity index (χ1) is 14.6. The summed E-state index contributed by atoms with van der Waals surface area (Å²) in [6.07, 6.45) is 5.53. The van der Waals surface area contributed by atoms with Crippen molar-refractivity contribution in [2.45, 2.75) is 57.7 Å². The molecule has 164 valence electrons. The minimum Gasteiger partial charge on any atom is -0.454 e. The predicted octanol–water partition coefficient (Wildman–Crippen LogP) is 2.08. The molecule has 1 atom stereocenters. The second-order valence-electron chi connectivity index (χ2n) is 8.47. The Balaban J connectivity index is 1.20. The maximum Gasteiger partial charge on any atom is 0.321 e. The third-order valence-electron chi connectivity index (χ3n) is 6.35. The second-order valence-corrected chi connectivity index (χ2v) is 8.47. The third-order valence-corrected chi connectivity index (χ3v) is 6.35. The van der Waals surface area contributed by atoms with E-state index in [9.17, 15) is 9.59 Å². The van der Waals surface area contributed by atoms with Crippen LogP contribution in [0.5, 0.6) is 11.5 Å². The number of fused-ring (bicyclic) bond motifs is 1. The zero-order chi connectivity index (χ0) is 20.9. The molecule has 2 N–H and O–H groups in total. The number of urea groups is 1. The molecule has 2 aliphatic heterocycles. The maximum absolute atomic E-state index is 12.5. The van der Waals surface area contributed by atoms with Crippen LogP contribution < -0.4 is 20.1 Å². The first-order valence-electron chi connectivity index (χ1n) is 11.0. The number of carbonyl (C=O) groups excluding carboxylic acids is 2. The van der Waals surface area contributed by atoms with Crippen LogP contribution >= 0.6 is 0 Å². The summed E-state index contributed by atoms with van der Waals surface area (Å²) in [6.45, 7) is 6.34. The standard InChI is InChI=1S/C22H32N4O4/c1-16(21(27)24-22(28)23-18-5-3-2-4-6-18)26-11-9-25(10-12-26)14-17-7-8-19-20(13-17)30-15-29-19/h7-8,13,16,18H,2-6,9-12,14-15H2,1H3,(H2,23,24,27,28)/t16-/m1/s1. The Labute approximate surface area is 177 Å². The van der Waals surface area contributed by atoms with Crippen LogP contribution in [0.2, 0.25) is 0 Å². The summed E-state index contributed by atoms with van der Waals surface area (Å²) < 4.78 is 10.8. The van der Waals surface area contributed by atoms with E-state index in [4.69, 9.17) is 9.47 Å². The molecule has 0 spiro atoms. The fourth-order valence-electron chi connectivity index (χ4n) is 4.46. The van der Waals surface area contributed by atoms with E-state index in [0.717, 1.165) is 69.9 Å². The van der Waals surface area contributed by atoms with Crippen molar-refractivity contribution < 1.29 is 19.1 Å². The number of piperazine rings is 1. The molecule has 1 aromatic rings. The van der Waals surface area contributed by atoms with Crippen LogP contribution in [0.15, 0.2) is 18.2 Å². The molecule has 1 saturated carbocycles. The van der Waals surface area contributed by atoms with Crippen LogP contribution in [0.4, 0.5) is 4.79 Å². The minimum atomic E-state index is -0.361. The van der Waals surface area contributed by atoms with Crippen molar-refractivity contribution in [3.8, 4) is 11.5 Å². The zero-order valence-corrected chi connectivity index (χ0v) is 17.7. The van der Waals surface area contributed by atoms with Gasteiger partial charge in [0.25, 0.3) is 0 Å². The van der Waals surface area contributed by atoms with Crippen LogP contribution in [0.25, 0.3) is 0 Å². The van der Waals surface area contributed by atoms with Crippen LogP contribution in [0.3, 0.4) is 0 Å². The van der Waals surface area contributed by atoms with E-state index in [1.807, 2.05) is 19.1 Å². The normalized spacial score (nSPS) is 21.2. The van der Waals surface area contributed by atoms with E-state index in [1.54, 1.807) is 0 Å². The van der Waals surface area contributed by atoms with E-state index in [-0.39, 0.29) is 30.8 Å². The average Bonchev–Trinajstić information content (AvgIpc) is 3.22. The van der Waals surface area contributed by atoms with E-state index >= 15 is 0 Å². The number of nitrogens with one attached hydrogen (secondary N) is 2. The van der Waals surface area contributed by atoms with Gasteiger partial charge in [0.05, 0.1) is 6.04 Å². The summed E-state index contributed by atoms with van der Waals surface area (Å²) in [5, 5.41) is 5.47. The van der Waals surface area contributed by atoms with Gasteiger partial charge in [-0.05, 0) is 37.5 Å².